The number of carbonyl (C=O) groups is 1. The Balaban J connectivity index is 1.21. The van der Waals surface area contributed by atoms with E-state index >= 15 is 0 Å². The van der Waals surface area contributed by atoms with Gasteiger partial charge in [-0.15, -0.1) is 5.10 Å². The van der Waals surface area contributed by atoms with E-state index in [9.17, 15) is 4.79 Å². The van der Waals surface area contributed by atoms with Crippen molar-refractivity contribution in [3.63, 3.8) is 0 Å². The Bertz CT molecular complexity index is 2030. The van der Waals surface area contributed by atoms with E-state index in [4.69, 9.17) is 33.2 Å². The van der Waals surface area contributed by atoms with Gasteiger partial charge in [-0.1, -0.05) is 127 Å². The maximum absolute atomic E-state index is 13.5. The van der Waals surface area contributed by atoms with Crippen LogP contribution < -0.4 is 0 Å². The SMILES string of the molecule is CC(C)(C)OC(=O)N1[C@@H](Cn2cc([C@@H]3O[C@H](COCc4ccccc4)[C@H](OCc4ccccc4)[C@H](OCc4ccccc4)[C@H]3OCc3ccccc3)nn2)COC1(C)C. The molecule has 2 saturated heterocycles. The molecule has 0 N–H and O–H groups in total. The van der Waals surface area contributed by atoms with Crippen LogP contribution in [0.15, 0.2) is 128 Å². The molecule has 3 heterocycles. The highest BCUT2D eigenvalue weighted by Crippen LogP contribution is 2.38. The summed E-state index contributed by atoms with van der Waals surface area (Å²) < 4.78 is 47.6. The summed E-state index contributed by atoms with van der Waals surface area (Å²) in [6, 6.07) is 39.8. The van der Waals surface area contributed by atoms with Gasteiger partial charge in [-0.05, 0) is 56.9 Å². The predicted octanol–water partition coefficient (Wildman–Crippen LogP) is 8.06. The summed E-state index contributed by atoms with van der Waals surface area (Å²) in [6.07, 6.45) is -1.81. The second kappa shape index (κ2) is 19.4. The van der Waals surface area contributed by atoms with E-state index in [1.807, 2.05) is 162 Å². The molecule has 2 fully saturated rings. The van der Waals surface area contributed by atoms with Crippen LogP contribution in [0.4, 0.5) is 4.79 Å². The van der Waals surface area contributed by atoms with Crippen LogP contribution in [0.25, 0.3) is 0 Å². The topological polar surface area (TPSA) is 116 Å². The van der Waals surface area contributed by atoms with Crippen molar-refractivity contribution in [2.24, 2.45) is 0 Å². The molecule has 0 radical (unpaired) electrons. The average molecular weight is 805 g/mol. The summed E-state index contributed by atoms with van der Waals surface area (Å²) in [5.41, 5.74) is 3.08. The van der Waals surface area contributed by atoms with E-state index in [1.165, 1.54) is 0 Å². The van der Waals surface area contributed by atoms with E-state index < -0.39 is 47.9 Å². The molecule has 0 spiro atoms. The number of rotatable bonds is 16. The Labute approximate surface area is 347 Å². The van der Waals surface area contributed by atoms with Gasteiger partial charge >= 0.3 is 6.09 Å². The van der Waals surface area contributed by atoms with Crippen molar-refractivity contribution >= 4 is 6.09 Å². The van der Waals surface area contributed by atoms with Crippen molar-refractivity contribution in [2.45, 2.75) is 115 Å². The number of hydrogen-bond acceptors (Lipinski definition) is 10. The molecule has 12 heteroatoms. The monoisotopic (exact) mass is 804 g/mol. The molecule has 6 atom stereocenters. The lowest BCUT2D eigenvalue weighted by Crippen LogP contribution is -2.58. The number of benzene rings is 4. The van der Waals surface area contributed by atoms with Crippen molar-refractivity contribution in [1.29, 1.82) is 0 Å². The fraction of sp³-hybridized carbons (Fsp3) is 0.426. The first-order chi connectivity index (χ1) is 28.5. The van der Waals surface area contributed by atoms with E-state index in [0.29, 0.717) is 45.3 Å². The highest BCUT2D eigenvalue weighted by molar-refractivity contribution is 5.69. The van der Waals surface area contributed by atoms with Crippen molar-refractivity contribution in [3.05, 3.63) is 155 Å². The first-order valence-electron chi connectivity index (χ1n) is 20.3. The zero-order chi connectivity index (χ0) is 41.2. The smallest absolute Gasteiger partial charge is 0.412 e. The molecule has 7 rings (SSSR count). The summed E-state index contributed by atoms with van der Waals surface area (Å²) in [6.45, 7) is 11.4. The maximum atomic E-state index is 13.5. The molecule has 1 aromatic heterocycles. The molecule has 4 aromatic carbocycles. The second-order valence-corrected chi connectivity index (χ2v) is 16.5. The lowest BCUT2D eigenvalue weighted by atomic mass is 9.92. The van der Waals surface area contributed by atoms with Crippen LogP contribution in [-0.4, -0.2) is 81.0 Å². The predicted molar refractivity (Wildman–Crippen MR) is 221 cm³/mol. The Kier molecular flexibility index (Phi) is 13.9. The number of hydrogen-bond donors (Lipinski definition) is 0. The largest absolute Gasteiger partial charge is 0.444 e. The molecule has 312 valence electrons. The third-order valence-corrected chi connectivity index (χ3v) is 10.3. The summed E-state index contributed by atoms with van der Waals surface area (Å²) in [4.78, 5) is 15.1. The van der Waals surface area contributed by atoms with Crippen molar-refractivity contribution < 1.29 is 38.0 Å². The molecule has 2 aliphatic heterocycles. The molecule has 5 aromatic rings. The highest BCUT2D eigenvalue weighted by atomic mass is 16.6. The molecule has 12 nitrogen and oxygen atoms in total. The molecule has 0 aliphatic carbocycles. The van der Waals surface area contributed by atoms with Crippen LogP contribution in [0.5, 0.6) is 0 Å². The molecule has 0 unspecified atom stereocenters. The van der Waals surface area contributed by atoms with Gasteiger partial charge in [-0.3, -0.25) is 9.58 Å². The van der Waals surface area contributed by atoms with Crippen molar-refractivity contribution in [1.82, 2.24) is 19.9 Å². The molecule has 1 amide bonds. The van der Waals surface area contributed by atoms with Crippen LogP contribution in [0, 0.1) is 0 Å². The minimum absolute atomic E-state index is 0.217. The van der Waals surface area contributed by atoms with Gasteiger partial charge in [0.25, 0.3) is 0 Å². The van der Waals surface area contributed by atoms with Gasteiger partial charge in [0.1, 0.15) is 47.5 Å². The zero-order valence-corrected chi connectivity index (χ0v) is 34.6. The molecule has 0 bridgehead atoms. The van der Waals surface area contributed by atoms with Crippen LogP contribution in [0.3, 0.4) is 0 Å². The molecular weight excluding hydrogens is 749 g/mol. The molecule has 2 aliphatic rings. The number of carbonyl (C=O) groups excluding carboxylic acids is 1. The Morgan fingerprint density at radius 2 is 1.20 bits per heavy atom. The van der Waals surface area contributed by atoms with Crippen molar-refractivity contribution in [3.8, 4) is 0 Å². The molecular formula is C47H56N4O8. The number of ether oxygens (including phenoxy) is 7. The van der Waals surface area contributed by atoms with Crippen LogP contribution in [0.1, 0.15) is 68.7 Å². The van der Waals surface area contributed by atoms with E-state index in [2.05, 4.69) is 10.3 Å². The minimum atomic E-state index is -0.871. The number of nitrogens with zero attached hydrogens (tertiary/aromatic N) is 4. The highest BCUT2D eigenvalue weighted by Gasteiger charge is 2.50. The Morgan fingerprint density at radius 1 is 0.712 bits per heavy atom. The zero-order valence-electron chi connectivity index (χ0n) is 34.6. The van der Waals surface area contributed by atoms with Crippen molar-refractivity contribution in [2.75, 3.05) is 13.2 Å². The van der Waals surface area contributed by atoms with Gasteiger partial charge in [0.2, 0.25) is 0 Å². The van der Waals surface area contributed by atoms with Gasteiger partial charge in [-0.25, -0.2) is 4.79 Å². The van der Waals surface area contributed by atoms with Gasteiger partial charge in [0, 0.05) is 0 Å². The first-order valence-corrected chi connectivity index (χ1v) is 20.3. The minimum Gasteiger partial charge on any atom is -0.444 e. The normalized spacial score (nSPS) is 23.0. The number of amides is 1. The van der Waals surface area contributed by atoms with Gasteiger partial charge < -0.3 is 33.2 Å². The summed E-state index contributed by atoms with van der Waals surface area (Å²) in [5.74, 6) is 0. The summed E-state index contributed by atoms with van der Waals surface area (Å²) in [7, 11) is 0. The van der Waals surface area contributed by atoms with Gasteiger partial charge in [-0.2, -0.15) is 0 Å². The standard InChI is InChI=1S/C47H56N4O8/c1-46(2,3)59-45(52)51-38(32-57-47(51,4)5)26-50-27-39(48-49-50)41-43(55-30-36-22-14-8-15-23-36)44(56-31-37-24-16-9-17-25-37)42(54-29-35-20-12-7-13-21-35)40(58-41)33-53-28-34-18-10-6-11-19-34/h6-25,27,38,40-44H,26,28-33H2,1-5H3/t38-,40+,41-,42-,43-,44-/m0/s1. The molecule has 0 saturated carbocycles. The third kappa shape index (κ3) is 11.4. The average Bonchev–Trinajstić information content (AvgIpc) is 3.82. The van der Waals surface area contributed by atoms with Gasteiger partial charge in [0.05, 0.1) is 58.4 Å². The number of aromatic nitrogens is 3. The Morgan fingerprint density at radius 3 is 1.73 bits per heavy atom. The van der Waals surface area contributed by atoms with Crippen LogP contribution in [0.2, 0.25) is 0 Å². The maximum Gasteiger partial charge on any atom is 0.412 e. The fourth-order valence-corrected chi connectivity index (χ4v) is 7.47. The van der Waals surface area contributed by atoms with E-state index in [1.54, 1.807) is 9.58 Å². The Hall–Kier alpha value is -4.95. The summed E-state index contributed by atoms with van der Waals surface area (Å²) in [5, 5.41) is 9.24. The summed E-state index contributed by atoms with van der Waals surface area (Å²) >= 11 is 0. The third-order valence-electron chi connectivity index (χ3n) is 10.3. The second-order valence-electron chi connectivity index (χ2n) is 16.5. The van der Waals surface area contributed by atoms with Crippen LogP contribution in [-0.2, 0) is 66.1 Å². The molecule has 59 heavy (non-hydrogen) atoms. The van der Waals surface area contributed by atoms with E-state index in [0.717, 1.165) is 22.3 Å². The van der Waals surface area contributed by atoms with Crippen LogP contribution >= 0.6 is 0 Å². The fourth-order valence-electron chi connectivity index (χ4n) is 7.47. The lowest BCUT2D eigenvalue weighted by Gasteiger charge is -2.45. The first kappa shape index (κ1) is 42.2. The van der Waals surface area contributed by atoms with Gasteiger partial charge in [0.15, 0.2) is 0 Å². The lowest BCUT2D eigenvalue weighted by molar-refractivity contribution is -0.275. The quantitative estimate of drug-likeness (QED) is 0.0971. The van der Waals surface area contributed by atoms with E-state index in [-0.39, 0.29) is 12.6 Å².